The molecular formula is C19H26F2N2O2. The van der Waals surface area contributed by atoms with Gasteiger partial charge >= 0.3 is 6.09 Å². The molecule has 0 spiro atoms. The molecule has 138 valence electrons. The molecule has 1 aromatic carbocycles. The van der Waals surface area contributed by atoms with Crippen LogP contribution in [0.25, 0.3) is 6.08 Å². The lowest BCUT2D eigenvalue weighted by Gasteiger charge is -2.24. The van der Waals surface area contributed by atoms with Gasteiger partial charge in [0.15, 0.2) is 0 Å². The lowest BCUT2D eigenvalue weighted by Crippen LogP contribution is -2.38. The summed E-state index contributed by atoms with van der Waals surface area (Å²) in [6.07, 6.45) is 2.25. The minimum absolute atomic E-state index is 0.175. The third kappa shape index (κ3) is 6.12. The molecule has 1 atom stereocenters. The number of halogens is 2. The normalized spacial score (nSPS) is 18.6. The highest BCUT2D eigenvalue weighted by molar-refractivity contribution is 5.68. The molecule has 2 rings (SSSR count). The first-order valence-corrected chi connectivity index (χ1v) is 8.47. The summed E-state index contributed by atoms with van der Waals surface area (Å²) in [6.45, 7) is 9.24. The Morgan fingerprint density at radius 2 is 2.12 bits per heavy atom. The van der Waals surface area contributed by atoms with Gasteiger partial charge in [-0.1, -0.05) is 11.6 Å². The molecule has 1 heterocycles. The van der Waals surface area contributed by atoms with E-state index in [2.05, 4.69) is 5.32 Å². The summed E-state index contributed by atoms with van der Waals surface area (Å²) in [6, 6.07) is 3.72. The maximum absolute atomic E-state index is 13.7. The number of likely N-dealkylation sites (tertiary alicyclic amines) is 1. The van der Waals surface area contributed by atoms with Gasteiger partial charge < -0.3 is 15.0 Å². The van der Waals surface area contributed by atoms with E-state index < -0.39 is 17.2 Å². The van der Waals surface area contributed by atoms with Crippen LogP contribution in [0.5, 0.6) is 0 Å². The minimum atomic E-state index is -0.585. The van der Waals surface area contributed by atoms with Crippen LogP contribution in [-0.4, -0.2) is 42.3 Å². The topological polar surface area (TPSA) is 41.6 Å². The average molecular weight is 352 g/mol. The fourth-order valence-electron chi connectivity index (χ4n) is 2.66. The molecular weight excluding hydrogens is 326 g/mol. The van der Waals surface area contributed by atoms with Crippen molar-refractivity contribution in [3.05, 3.63) is 41.0 Å². The highest BCUT2D eigenvalue weighted by Crippen LogP contribution is 2.16. The van der Waals surface area contributed by atoms with E-state index in [1.54, 1.807) is 11.0 Å². The SMILES string of the molecule is C/C(=C\c1ccc(F)cc1F)CNC1CCN(C(=O)OC(C)(C)C)C1. The number of nitrogens with one attached hydrogen (secondary N) is 1. The van der Waals surface area contributed by atoms with E-state index in [0.717, 1.165) is 18.1 Å². The van der Waals surface area contributed by atoms with Crippen molar-refractivity contribution in [3.8, 4) is 0 Å². The van der Waals surface area contributed by atoms with Crippen LogP contribution in [0.2, 0.25) is 0 Å². The third-order valence-electron chi connectivity index (χ3n) is 3.87. The van der Waals surface area contributed by atoms with Crippen molar-refractivity contribution in [1.29, 1.82) is 0 Å². The zero-order valence-corrected chi connectivity index (χ0v) is 15.2. The zero-order valence-electron chi connectivity index (χ0n) is 15.2. The predicted molar refractivity (Wildman–Crippen MR) is 94.2 cm³/mol. The monoisotopic (exact) mass is 352 g/mol. The minimum Gasteiger partial charge on any atom is -0.444 e. The number of nitrogens with zero attached hydrogens (tertiary/aromatic N) is 1. The molecule has 6 heteroatoms. The highest BCUT2D eigenvalue weighted by atomic mass is 19.1. The van der Waals surface area contributed by atoms with Crippen LogP contribution in [-0.2, 0) is 4.74 Å². The lowest BCUT2D eigenvalue weighted by atomic mass is 10.1. The van der Waals surface area contributed by atoms with Crippen molar-refractivity contribution >= 4 is 12.2 Å². The van der Waals surface area contributed by atoms with Gasteiger partial charge in [0, 0.05) is 37.3 Å². The van der Waals surface area contributed by atoms with E-state index in [4.69, 9.17) is 4.74 Å². The van der Waals surface area contributed by atoms with E-state index in [9.17, 15) is 13.6 Å². The fourth-order valence-corrected chi connectivity index (χ4v) is 2.66. The first kappa shape index (κ1) is 19.4. The summed E-state index contributed by atoms with van der Waals surface area (Å²) in [5, 5.41) is 3.37. The molecule has 0 aliphatic carbocycles. The van der Waals surface area contributed by atoms with Crippen LogP contribution in [0.3, 0.4) is 0 Å². The maximum atomic E-state index is 13.7. The van der Waals surface area contributed by atoms with Crippen LogP contribution in [0.1, 0.15) is 39.7 Å². The van der Waals surface area contributed by atoms with Gasteiger partial charge in [0.1, 0.15) is 17.2 Å². The van der Waals surface area contributed by atoms with Gasteiger partial charge in [-0.2, -0.15) is 0 Å². The Kier molecular flexibility index (Phi) is 6.16. The molecule has 25 heavy (non-hydrogen) atoms. The molecule has 0 radical (unpaired) electrons. The Bertz CT molecular complexity index is 653. The molecule has 1 aliphatic heterocycles. The van der Waals surface area contributed by atoms with E-state index in [1.807, 2.05) is 27.7 Å². The van der Waals surface area contributed by atoms with Crippen LogP contribution in [0.4, 0.5) is 13.6 Å². The lowest BCUT2D eigenvalue weighted by molar-refractivity contribution is 0.0291. The number of benzene rings is 1. The summed E-state index contributed by atoms with van der Waals surface area (Å²) >= 11 is 0. The van der Waals surface area contributed by atoms with Gasteiger partial charge in [0.05, 0.1) is 0 Å². The number of carbonyl (C=O) groups excluding carboxylic acids is 1. The summed E-state index contributed by atoms with van der Waals surface area (Å²) in [4.78, 5) is 13.7. The second-order valence-electron chi connectivity index (χ2n) is 7.45. The molecule has 1 N–H and O–H groups in total. The first-order valence-electron chi connectivity index (χ1n) is 8.47. The summed E-state index contributed by atoms with van der Waals surface area (Å²) in [5.74, 6) is -1.16. The largest absolute Gasteiger partial charge is 0.444 e. The van der Waals surface area contributed by atoms with Crippen LogP contribution < -0.4 is 5.32 Å². The summed E-state index contributed by atoms with van der Waals surface area (Å²) < 4.78 is 32.0. The van der Waals surface area contributed by atoms with Gasteiger partial charge in [0.25, 0.3) is 0 Å². The molecule has 4 nitrogen and oxygen atoms in total. The van der Waals surface area contributed by atoms with E-state index >= 15 is 0 Å². The number of rotatable bonds is 4. The molecule has 1 aliphatic rings. The smallest absolute Gasteiger partial charge is 0.410 e. The Morgan fingerprint density at radius 1 is 1.40 bits per heavy atom. The van der Waals surface area contributed by atoms with Crippen molar-refractivity contribution < 1.29 is 18.3 Å². The van der Waals surface area contributed by atoms with Gasteiger partial charge in [-0.3, -0.25) is 0 Å². The number of amides is 1. The van der Waals surface area contributed by atoms with E-state index in [0.29, 0.717) is 25.2 Å². The van der Waals surface area contributed by atoms with Crippen molar-refractivity contribution in [1.82, 2.24) is 10.2 Å². The van der Waals surface area contributed by atoms with Gasteiger partial charge in [0.2, 0.25) is 0 Å². The quantitative estimate of drug-likeness (QED) is 0.892. The fraction of sp³-hybridized carbons (Fsp3) is 0.526. The van der Waals surface area contributed by atoms with Gasteiger partial charge in [-0.05, 0) is 46.2 Å². The molecule has 1 aromatic rings. The Balaban J connectivity index is 1.83. The van der Waals surface area contributed by atoms with E-state index in [1.165, 1.54) is 12.1 Å². The molecule has 1 saturated heterocycles. The number of carbonyl (C=O) groups is 1. The molecule has 1 fully saturated rings. The van der Waals surface area contributed by atoms with E-state index in [-0.39, 0.29) is 12.1 Å². The Morgan fingerprint density at radius 3 is 2.76 bits per heavy atom. The predicted octanol–water partition coefficient (Wildman–Crippen LogP) is 3.97. The standard InChI is InChI=1S/C19H26F2N2O2/c1-13(9-14-5-6-15(20)10-17(14)21)11-22-16-7-8-23(12-16)18(24)25-19(2,3)4/h5-6,9-10,16,22H,7-8,11-12H2,1-4H3/b13-9+. The molecule has 0 aromatic heterocycles. The van der Waals surface area contributed by atoms with Gasteiger partial charge in [-0.25, -0.2) is 13.6 Å². The summed E-state index contributed by atoms with van der Waals surface area (Å²) in [5.41, 5.74) is 0.796. The van der Waals surface area contributed by atoms with Crippen molar-refractivity contribution in [2.24, 2.45) is 0 Å². The number of ether oxygens (including phenoxy) is 1. The van der Waals surface area contributed by atoms with Crippen LogP contribution in [0.15, 0.2) is 23.8 Å². The second-order valence-corrected chi connectivity index (χ2v) is 7.45. The van der Waals surface area contributed by atoms with Gasteiger partial charge in [-0.15, -0.1) is 0 Å². The Hall–Kier alpha value is -1.95. The second kappa shape index (κ2) is 7.95. The number of hydrogen-bond donors (Lipinski definition) is 1. The number of hydrogen-bond acceptors (Lipinski definition) is 3. The van der Waals surface area contributed by atoms with Crippen molar-refractivity contribution in [2.45, 2.75) is 45.8 Å². The first-order chi connectivity index (χ1) is 11.6. The molecule has 1 amide bonds. The molecule has 1 unspecified atom stereocenters. The molecule has 0 saturated carbocycles. The average Bonchev–Trinajstić information content (AvgIpc) is 2.95. The third-order valence-corrected chi connectivity index (χ3v) is 3.87. The van der Waals surface area contributed by atoms with Crippen molar-refractivity contribution in [2.75, 3.05) is 19.6 Å². The molecule has 0 bridgehead atoms. The Labute approximate surface area is 147 Å². The zero-order chi connectivity index (χ0) is 18.6. The van der Waals surface area contributed by atoms with Crippen molar-refractivity contribution in [3.63, 3.8) is 0 Å². The maximum Gasteiger partial charge on any atom is 0.410 e. The summed E-state index contributed by atoms with van der Waals surface area (Å²) in [7, 11) is 0. The van der Waals surface area contributed by atoms with Crippen LogP contribution >= 0.6 is 0 Å². The highest BCUT2D eigenvalue weighted by Gasteiger charge is 2.29. The van der Waals surface area contributed by atoms with Crippen LogP contribution in [0, 0.1) is 11.6 Å².